The van der Waals surface area contributed by atoms with Crippen LogP contribution < -0.4 is 10.5 Å². The van der Waals surface area contributed by atoms with Crippen LogP contribution in [0, 0.1) is 25.2 Å². The minimum absolute atomic E-state index is 0.0744. The van der Waals surface area contributed by atoms with Gasteiger partial charge in [0.1, 0.15) is 0 Å². The molecule has 0 unspecified atom stereocenters. The number of amides is 1. The summed E-state index contributed by atoms with van der Waals surface area (Å²) in [6.45, 7) is 6.95. The first-order valence-electron chi connectivity index (χ1n) is 10.8. The SMILES string of the molecule is CCCCn1c(SCC(=O)N(CCC#N)c2cc(C)cc(C)c2)nc2ccccc2c1=O. The number of para-hydroxylation sites is 1. The summed E-state index contributed by atoms with van der Waals surface area (Å²) in [5.74, 6) is 0.0229. The number of carbonyl (C=O) groups excluding carboxylic acids is 1. The van der Waals surface area contributed by atoms with Gasteiger partial charge in [0.15, 0.2) is 5.16 Å². The molecule has 0 spiro atoms. The number of anilines is 1. The maximum atomic E-state index is 13.2. The zero-order valence-corrected chi connectivity index (χ0v) is 19.6. The Morgan fingerprint density at radius 1 is 1.19 bits per heavy atom. The molecular weight excluding hydrogens is 420 g/mol. The van der Waals surface area contributed by atoms with Gasteiger partial charge < -0.3 is 4.90 Å². The molecule has 1 amide bonds. The molecule has 0 aliphatic rings. The van der Waals surface area contributed by atoms with Crippen LogP contribution in [0.4, 0.5) is 5.69 Å². The van der Waals surface area contributed by atoms with Crippen molar-refractivity contribution in [3.05, 3.63) is 63.9 Å². The minimum Gasteiger partial charge on any atom is -0.311 e. The smallest absolute Gasteiger partial charge is 0.262 e. The van der Waals surface area contributed by atoms with Gasteiger partial charge in [-0.15, -0.1) is 0 Å². The van der Waals surface area contributed by atoms with Gasteiger partial charge in [-0.2, -0.15) is 5.26 Å². The molecule has 0 aliphatic heterocycles. The molecule has 0 saturated heterocycles. The first-order valence-corrected chi connectivity index (χ1v) is 11.8. The molecule has 0 bridgehead atoms. The van der Waals surface area contributed by atoms with E-state index in [0.29, 0.717) is 29.1 Å². The number of carbonyl (C=O) groups is 1. The molecule has 1 aromatic heterocycles. The Hall–Kier alpha value is -3.11. The highest BCUT2D eigenvalue weighted by molar-refractivity contribution is 7.99. The van der Waals surface area contributed by atoms with E-state index in [4.69, 9.17) is 5.26 Å². The molecule has 0 saturated carbocycles. The van der Waals surface area contributed by atoms with Gasteiger partial charge in [0.25, 0.3) is 5.56 Å². The Morgan fingerprint density at radius 3 is 2.59 bits per heavy atom. The van der Waals surface area contributed by atoms with E-state index in [-0.39, 0.29) is 23.6 Å². The standard InChI is InChI=1S/C25H28N4O2S/c1-4-5-12-29-24(31)21-9-6-7-10-22(21)27-25(29)32-17-23(30)28(13-8-11-26)20-15-18(2)14-19(3)16-20/h6-7,9-10,14-16H,4-5,8,12-13,17H2,1-3H3. The van der Waals surface area contributed by atoms with Crippen LogP contribution in [0.1, 0.15) is 37.3 Å². The Balaban J connectivity index is 1.89. The third kappa shape index (κ3) is 5.57. The molecule has 0 aliphatic carbocycles. The third-order valence-electron chi connectivity index (χ3n) is 5.15. The number of hydrogen-bond acceptors (Lipinski definition) is 5. The lowest BCUT2D eigenvalue weighted by molar-refractivity contribution is -0.116. The van der Waals surface area contributed by atoms with E-state index in [1.807, 2.05) is 44.2 Å². The van der Waals surface area contributed by atoms with Crippen LogP contribution in [-0.4, -0.2) is 27.8 Å². The van der Waals surface area contributed by atoms with Gasteiger partial charge >= 0.3 is 0 Å². The molecule has 0 N–H and O–H groups in total. The van der Waals surface area contributed by atoms with Crippen molar-refractivity contribution in [2.24, 2.45) is 0 Å². The number of nitrogens with zero attached hydrogens (tertiary/aromatic N) is 4. The first kappa shape index (κ1) is 23.6. The molecule has 7 heteroatoms. The largest absolute Gasteiger partial charge is 0.311 e. The number of hydrogen-bond donors (Lipinski definition) is 0. The zero-order valence-electron chi connectivity index (χ0n) is 18.8. The topological polar surface area (TPSA) is 79.0 Å². The van der Waals surface area contributed by atoms with E-state index in [0.717, 1.165) is 29.7 Å². The summed E-state index contributed by atoms with van der Waals surface area (Å²) in [7, 11) is 0. The van der Waals surface area contributed by atoms with Crippen LogP contribution in [0.15, 0.2) is 52.4 Å². The van der Waals surface area contributed by atoms with Gasteiger partial charge in [-0.1, -0.05) is 43.3 Å². The molecule has 0 atom stereocenters. The highest BCUT2D eigenvalue weighted by Crippen LogP contribution is 2.23. The predicted molar refractivity (Wildman–Crippen MR) is 130 cm³/mol. The highest BCUT2D eigenvalue weighted by Gasteiger charge is 2.19. The maximum Gasteiger partial charge on any atom is 0.262 e. The predicted octanol–water partition coefficient (Wildman–Crippen LogP) is 4.85. The molecule has 3 aromatic rings. The summed E-state index contributed by atoms with van der Waals surface area (Å²) < 4.78 is 1.68. The molecule has 166 valence electrons. The molecule has 6 nitrogen and oxygen atoms in total. The Kier molecular flexibility index (Phi) is 8.07. The molecule has 32 heavy (non-hydrogen) atoms. The van der Waals surface area contributed by atoms with Crippen molar-refractivity contribution in [3.8, 4) is 6.07 Å². The van der Waals surface area contributed by atoms with Gasteiger partial charge in [0.2, 0.25) is 5.91 Å². The van der Waals surface area contributed by atoms with Gasteiger partial charge in [0, 0.05) is 18.8 Å². The van der Waals surface area contributed by atoms with Gasteiger partial charge in [-0.3, -0.25) is 14.2 Å². The average molecular weight is 449 g/mol. The van der Waals surface area contributed by atoms with E-state index in [1.54, 1.807) is 15.5 Å². The van der Waals surface area contributed by atoms with E-state index in [1.165, 1.54) is 11.8 Å². The van der Waals surface area contributed by atoms with Crippen LogP contribution >= 0.6 is 11.8 Å². The van der Waals surface area contributed by atoms with E-state index < -0.39 is 0 Å². The summed E-state index contributed by atoms with van der Waals surface area (Å²) >= 11 is 1.28. The normalized spacial score (nSPS) is 10.8. The molecule has 0 fully saturated rings. The van der Waals surface area contributed by atoms with Crippen molar-refractivity contribution < 1.29 is 4.79 Å². The van der Waals surface area contributed by atoms with Crippen LogP contribution in [-0.2, 0) is 11.3 Å². The summed E-state index contributed by atoms with van der Waals surface area (Å²) in [5.41, 5.74) is 3.47. The number of nitriles is 1. The number of aromatic nitrogens is 2. The third-order valence-corrected chi connectivity index (χ3v) is 6.11. The zero-order chi connectivity index (χ0) is 23.1. The van der Waals surface area contributed by atoms with Crippen molar-refractivity contribution in [3.63, 3.8) is 0 Å². The molecule has 2 aromatic carbocycles. The second kappa shape index (κ2) is 11.0. The Morgan fingerprint density at radius 2 is 1.91 bits per heavy atom. The van der Waals surface area contributed by atoms with Crippen LogP contribution in [0.2, 0.25) is 0 Å². The summed E-state index contributed by atoms with van der Waals surface area (Å²) in [4.78, 5) is 32.6. The lowest BCUT2D eigenvalue weighted by Gasteiger charge is -2.23. The summed E-state index contributed by atoms with van der Waals surface area (Å²) in [5, 5.41) is 10.2. The van der Waals surface area contributed by atoms with Gasteiger partial charge in [0.05, 0.1) is 29.1 Å². The molecule has 0 radical (unpaired) electrons. The minimum atomic E-state index is -0.111. The lowest BCUT2D eigenvalue weighted by Crippen LogP contribution is -2.33. The number of fused-ring (bicyclic) bond motifs is 1. The fraction of sp³-hybridized carbons (Fsp3) is 0.360. The second-order valence-corrected chi connectivity index (χ2v) is 8.75. The van der Waals surface area contributed by atoms with E-state index >= 15 is 0 Å². The van der Waals surface area contributed by atoms with E-state index in [2.05, 4.69) is 24.0 Å². The maximum absolute atomic E-state index is 13.2. The molecule has 1 heterocycles. The van der Waals surface area contributed by atoms with Crippen molar-refractivity contribution in [2.75, 3.05) is 17.2 Å². The van der Waals surface area contributed by atoms with Gasteiger partial charge in [-0.25, -0.2) is 4.98 Å². The number of unbranched alkanes of at least 4 members (excludes halogenated alkanes) is 1. The highest BCUT2D eigenvalue weighted by atomic mass is 32.2. The summed E-state index contributed by atoms with van der Waals surface area (Å²) in [6.07, 6.45) is 2.06. The average Bonchev–Trinajstić information content (AvgIpc) is 2.77. The number of aryl methyl sites for hydroxylation is 2. The lowest BCUT2D eigenvalue weighted by atomic mass is 10.1. The summed E-state index contributed by atoms with van der Waals surface area (Å²) in [6, 6.07) is 15.4. The fourth-order valence-corrected chi connectivity index (χ4v) is 4.54. The van der Waals surface area contributed by atoms with Crippen LogP contribution in [0.5, 0.6) is 0 Å². The monoisotopic (exact) mass is 448 g/mol. The number of rotatable bonds is 9. The van der Waals surface area contributed by atoms with Gasteiger partial charge in [-0.05, 0) is 55.7 Å². The molecular formula is C25H28N4O2S. The van der Waals surface area contributed by atoms with Crippen molar-refractivity contribution >= 4 is 34.3 Å². The Labute approximate surface area is 192 Å². The van der Waals surface area contributed by atoms with Crippen molar-refractivity contribution in [1.29, 1.82) is 5.26 Å². The quantitative estimate of drug-likeness (QED) is 0.345. The van der Waals surface area contributed by atoms with Crippen LogP contribution in [0.25, 0.3) is 10.9 Å². The van der Waals surface area contributed by atoms with Crippen molar-refractivity contribution in [2.45, 2.75) is 51.7 Å². The van der Waals surface area contributed by atoms with Crippen LogP contribution in [0.3, 0.4) is 0 Å². The molecule has 3 rings (SSSR count). The Bertz CT molecular complexity index is 1190. The number of thioether (sulfide) groups is 1. The van der Waals surface area contributed by atoms with Crippen molar-refractivity contribution in [1.82, 2.24) is 9.55 Å². The van der Waals surface area contributed by atoms with E-state index in [9.17, 15) is 9.59 Å². The fourth-order valence-electron chi connectivity index (χ4n) is 3.64. The first-order chi connectivity index (χ1) is 15.4. The number of benzene rings is 2. The second-order valence-electron chi connectivity index (χ2n) is 7.81.